The van der Waals surface area contributed by atoms with Crippen LogP contribution in [-0.2, 0) is 10.0 Å². The van der Waals surface area contributed by atoms with Gasteiger partial charge in [0.1, 0.15) is 0 Å². The van der Waals surface area contributed by atoms with Crippen molar-refractivity contribution in [2.75, 3.05) is 26.2 Å². The summed E-state index contributed by atoms with van der Waals surface area (Å²) in [5, 5.41) is 10.8. The molecule has 1 aliphatic heterocycles. The van der Waals surface area contributed by atoms with Crippen LogP contribution >= 0.6 is 11.3 Å². The second-order valence-electron chi connectivity index (χ2n) is 6.81. The molecule has 1 aromatic heterocycles. The first-order valence-electron chi connectivity index (χ1n) is 8.87. The summed E-state index contributed by atoms with van der Waals surface area (Å²) in [7, 11) is -3.61. The van der Waals surface area contributed by atoms with Gasteiger partial charge in [-0.3, -0.25) is 4.79 Å². The summed E-state index contributed by atoms with van der Waals surface area (Å²) in [5.41, 5.74) is 1.57. The molecule has 0 bridgehead atoms. The molecule has 0 radical (unpaired) electrons. The van der Waals surface area contributed by atoms with Crippen molar-refractivity contribution in [2.45, 2.75) is 23.7 Å². The van der Waals surface area contributed by atoms with Crippen molar-refractivity contribution >= 4 is 27.3 Å². The Labute approximate surface area is 162 Å². The summed E-state index contributed by atoms with van der Waals surface area (Å²) in [6, 6.07) is 9.95. The summed E-state index contributed by atoms with van der Waals surface area (Å²) in [6.07, 6.45) is 2.29. The third kappa shape index (κ3) is 3.50. The molecule has 0 spiro atoms. The monoisotopic (exact) mass is 401 g/mol. The molecule has 1 saturated heterocycles. The normalized spacial score (nSPS) is 18.3. The lowest BCUT2D eigenvalue weighted by Crippen LogP contribution is -2.50. The van der Waals surface area contributed by atoms with E-state index in [1.165, 1.54) is 39.9 Å². The zero-order valence-electron chi connectivity index (χ0n) is 14.7. The summed E-state index contributed by atoms with van der Waals surface area (Å²) < 4.78 is 27.0. The van der Waals surface area contributed by atoms with Gasteiger partial charge >= 0.3 is 0 Å². The smallest absolute Gasteiger partial charge is 0.264 e. The molecule has 140 valence electrons. The molecule has 2 fully saturated rings. The van der Waals surface area contributed by atoms with E-state index in [2.05, 4.69) is 0 Å². The zero-order chi connectivity index (χ0) is 19.0. The molecule has 0 atom stereocenters. The van der Waals surface area contributed by atoms with Crippen LogP contribution in [0.5, 0.6) is 0 Å². The highest BCUT2D eigenvalue weighted by atomic mass is 32.2. The highest BCUT2D eigenvalue weighted by Gasteiger charge is 2.34. The molecule has 2 aromatic rings. The van der Waals surface area contributed by atoms with Crippen molar-refractivity contribution in [1.29, 1.82) is 5.26 Å². The van der Waals surface area contributed by atoms with Gasteiger partial charge in [-0.25, -0.2) is 8.42 Å². The van der Waals surface area contributed by atoms with E-state index < -0.39 is 10.0 Å². The van der Waals surface area contributed by atoms with Gasteiger partial charge in [0, 0.05) is 26.2 Å². The standard InChI is InChI=1S/C19H19N3O3S2/c20-13-14-1-5-16(6-2-14)27(24,25)22-10-8-21(9-11-22)19(23)18-17(7-12-26-18)15-3-4-15/h1-2,5-7,12,15H,3-4,8-11H2. The summed E-state index contributed by atoms with van der Waals surface area (Å²) in [5.74, 6) is 0.538. The molecule has 2 aliphatic rings. The third-order valence-electron chi connectivity index (χ3n) is 5.05. The van der Waals surface area contributed by atoms with E-state index in [0.717, 1.165) is 23.3 Å². The number of carbonyl (C=O) groups excluding carboxylic acids is 1. The minimum absolute atomic E-state index is 0.0160. The maximum atomic E-state index is 12.8. The Kier molecular flexibility index (Phi) is 4.76. The Balaban J connectivity index is 1.44. The lowest BCUT2D eigenvalue weighted by Gasteiger charge is -2.34. The van der Waals surface area contributed by atoms with Crippen molar-refractivity contribution in [1.82, 2.24) is 9.21 Å². The number of amides is 1. The molecule has 1 aliphatic carbocycles. The second-order valence-corrected chi connectivity index (χ2v) is 9.67. The Morgan fingerprint density at radius 1 is 1.07 bits per heavy atom. The lowest BCUT2D eigenvalue weighted by molar-refractivity contribution is 0.0701. The average molecular weight is 402 g/mol. The molecular formula is C19H19N3O3S2. The van der Waals surface area contributed by atoms with Gasteiger partial charge < -0.3 is 4.90 Å². The van der Waals surface area contributed by atoms with Gasteiger partial charge in [0.15, 0.2) is 0 Å². The lowest BCUT2D eigenvalue weighted by atomic mass is 10.1. The summed E-state index contributed by atoms with van der Waals surface area (Å²) in [6.45, 7) is 1.32. The van der Waals surface area contributed by atoms with Crippen LogP contribution in [0.15, 0.2) is 40.6 Å². The average Bonchev–Trinajstić information content (AvgIpc) is 3.44. The van der Waals surface area contributed by atoms with E-state index in [-0.39, 0.29) is 23.9 Å². The van der Waals surface area contributed by atoms with Crippen LogP contribution in [-0.4, -0.2) is 49.7 Å². The Morgan fingerprint density at radius 2 is 1.74 bits per heavy atom. The molecule has 1 aromatic carbocycles. The van der Waals surface area contributed by atoms with E-state index in [9.17, 15) is 13.2 Å². The van der Waals surface area contributed by atoms with Crippen molar-refractivity contribution in [3.8, 4) is 6.07 Å². The fraction of sp³-hybridized carbons (Fsp3) is 0.368. The number of sulfonamides is 1. The van der Waals surface area contributed by atoms with Crippen LogP contribution in [0.3, 0.4) is 0 Å². The van der Waals surface area contributed by atoms with E-state index in [4.69, 9.17) is 5.26 Å². The fourth-order valence-corrected chi connectivity index (χ4v) is 5.71. The maximum Gasteiger partial charge on any atom is 0.264 e. The number of nitrogens with zero attached hydrogens (tertiary/aromatic N) is 3. The molecule has 0 unspecified atom stereocenters. The molecular weight excluding hydrogens is 382 g/mol. The van der Waals surface area contributed by atoms with Crippen LogP contribution in [0.1, 0.15) is 39.6 Å². The molecule has 6 nitrogen and oxygen atoms in total. The maximum absolute atomic E-state index is 12.8. The van der Waals surface area contributed by atoms with E-state index in [0.29, 0.717) is 24.6 Å². The first kappa shape index (κ1) is 18.2. The molecule has 27 heavy (non-hydrogen) atoms. The molecule has 1 amide bonds. The Hall–Kier alpha value is -2.21. The van der Waals surface area contributed by atoms with Crippen molar-refractivity contribution in [2.24, 2.45) is 0 Å². The number of benzene rings is 1. The molecule has 0 N–H and O–H groups in total. The van der Waals surface area contributed by atoms with Gasteiger partial charge in [0.05, 0.1) is 21.4 Å². The van der Waals surface area contributed by atoms with Gasteiger partial charge in [-0.15, -0.1) is 11.3 Å². The summed E-state index contributed by atoms with van der Waals surface area (Å²) >= 11 is 1.48. The number of hydrogen-bond donors (Lipinski definition) is 0. The Morgan fingerprint density at radius 3 is 2.33 bits per heavy atom. The largest absolute Gasteiger partial charge is 0.335 e. The van der Waals surface area contributed by atoms with Crippen molar-refractivity contribution in [3.63, 3.8) is 0 Å². The van der Waals surface area contributed by atoms with Crippen LogP contribution in [0.2, 0.25) is 0 Å². The summed E-state index contributed by atoms with van der Waals surface area (Å²) in [4.78, 5) is 15.6. The molecule has 4 rings (SSSR count). The van der Waals surface area contributed by atoms with E-state index >= 15 is 0 Å². The highest BCUT2D eigenvalue weighted by Crippen LogP contribution is 2.43. The zero-order valence-corrected chi connectivity index (χ0v) is 16.3. The number of carbonyl (C=O) groups is 1. The minimum Gasteiger partial charge on any atom is -0.335 e. The van der Waals surface area contributed by atoms with Crippen molar-refractivity contribution in [3.05, 3.63) is 51.7 Å². The van der Waals surface area contributed by atoms with Gasteiger partial charge in [0.2, 0.25) is 10.0 Å². The predicted molar refractivity (Wildman–Crippen MR) is 102 cm³/mol. The van der Waals surface area contributed by atoms with Crippen LogP contribution in [0.4, 0.5) is 0 Å². The van der Waals surface area contributed by atoms with Gasteiger partial charge in [-0.05, 0) is 60.0 Å². The highest BCUT2D eigenvalue weighted by molar-refractivity contribution is 7.89. The topological polar surface area (TPSA) is 81.5 Å². The number of piperazine rings is 1. The number of hydrogen-bond acceptors (Lipinski definition) is 5. The van der Waals surface area contributed by atoms with Crippen molar-refractivity contribution < 1.29 is 13.2 Å². The number of nitriles is 1. The molecule has 8 heteroatoms. The molecule has 1 saturated carbocycles. The predicted octanol–water partition coefficient (Wildman–Crippen LogP) is 2.64. The fourth-order valence-electron chi connectivity index (χ4n) is 3.33. The first-order valence-corrected chi connectivity index (χ1v) is 11.2. The second kappa shape index (κ2) is 7.08. The third-order valence-corrected chi connectivity index (χ3v) is 7.89. The van der Waals surface area contributed by atoms with Gasteiger partial charge in [0.25, 0.3) is 5.91 Å². The SMILES string of the molecule is N#Cc1ccc(S(=O)(=O)N2CCN(C(=O)c3sccc3C3CC3)CC2)cc1. The van der Waals surface area contributed by atoms with Crippen LogP contribution in [0, 0.1) is 11.3 Å². The van der Waals surface area contributed by atoms with Gasteiger partial charge in [-0.1, -0.05) is 0 Å². The van der Waals surface area contributed by atoms with Gasteiger partial charge in [-0.2, -0.15) is 9.57 Å². The minimum atomic E-state index is -3.61. The van der Waals surface area contributed by atoms with Crippen LogP contribution in [0.25, 0.3) is 0 Å². The molecule has 2 heterocycles. The first-order chi connectivity index (χ1) is 13.0. The van der Waals surface area contributed by atoms with E-state index in [1.54, 1.807) is 4.90 Å². The Bertz CT molecular complexity index is 994. The number of rotatable bonds is 4. The quantitative estimate of drug-likeness (QED) is 0.789. The number of thiophene rings is 1. The van der Waals surface area contributed by atoms with E-state index in [1.807, 2.05) is 17.5 Å². The van der Waals surface area contributed by atoms with Crippen LogP contribution < -0.4 is 0 Å².